The molecule has 1 aliphatic rings. The van der Waals surface area contributed by atoms with E-state index in [2.05, 4.69) is 4.90 Å². The van der Waals surface area contributed by atoms with Crippen LogP contribution in [0.3, 0.4) is 0 Å². The van der Waals surface area contributed by atoms with Gasteiger partial charge in [-0.1, -0.05) is 25.1 Å². The van der Waals surface area contributed by atoms with E-state index in [9.17, 15) is 9.59 Å². The highest BCUT2D eigenvalue weighted by Crippen LogP contribution is 2.24. The van der Waals surface area contributed by atoms with Crippen molar-refractivity contribution in [1.82, 2.24) is 4.90 Å². The van der Waals surface area contributed by atoms with Gasteiger partial charge in [-0.3, -0.25) is 14.5 Å². The molecule has 1 heterocycles. The molecule has 1 saturated heterocycles. The van der Waals surface area contributed by atoms with Crippen LogP contribution in [0.5, 0.6) is 0 Å². The molecule has 114 valence electrons. The Bertz CT molecular complexity index is 490. The largest absolute Gasteiger partial charge is 0.481 e. The standard InChI is InChI=1S/C16H22N2O3/c1-2-17(11-6-9-15(19)20)14-10-12-18(16(14)21)13-7-4-3-5-8-13/h3-5,7-8,14H,2,6,9-12H2,1H3,(H,19,20). The zero-order valence-electron chi connectivity index (χ0n) is 12.4. The topological polar surface area (TPSA) is 60.9 Å². The summed E-state index contributed by atoms with van der Waals surface area (Å²) in [6.45, 7) is 4.16. The number of nitrogens with zero attached hydrogens (tertiary/aromatic N) is 2. The predicted octanol–water partition coefficient (Wildman–Crippen LogP) is 1.98. The van der Waals surface area contributed by atoms with Crippen LogP contribution in [0.1, 0.15) is 26.2 Å². The van der Waals surface area contributed by atoms with Gasteiger partial charge in [0.1, 0.15) is 0 Å². The summed E-state index contributed by atoms with van der Waals surface area (Å²) in [5.74, 6) is -0.659. The van der Waals surface area contributed by atoms with E-state index in [1.165, 1.54) is 0 Å². The third-order valence-corrected chi connectivity index (χ3v) is 3.93. The van der Waals surface area contributed by atoms with E-state index < -0.39 is 5.97 Å². The minimum Gasteiger partial charge on any atom is -0.481 e. The fraction of sp³-hybridized carbons (Fsp3) is 0.500. The molecule has 1 aromatic carbocycles. The average Bonchev–Trinajstić information content (AvgIpc) is 2.86. The first-order chi connectivity index (χ1) is 10.1. The number of amides is 1. The molecule has 0 bridgehead atoms. The van der Waals surface area contributed by atoms with E-state index in [0.717, 1.165) is 25.2 Å². The third kappa shape index (κ3) is 3.82. The number of aliphatic carboxylic acids is 1. The lowest BCUT2D eigenvalue weighted by molar-refractivity contribution is -0.137. The Balaban J connectivity index is 1.97. The van der Waals surface area contributed by atoms with Crippen LogP contribution >= 0.6 is 0 Å². The van der Waals surface area contributed by atoms with Crippen LogP contribution in [0.25, 0.3) is 0 Å². The lowest BCUT2D eigenvalue weighted by Gasteiger charge is -2.26. The van der Waals surface area contributed by atoms with Crippen molar-refractivity contribution < 1.29 is 14.7 Å². The molecule has 1 N–H and O–H groups in total. The molecule has 0 aliphatic carbocycles. The summed E-state index contributed by atoms with van der Waals surface area (Å²) in [5.41, 5.74) is 0.937. The number of carbonyl (C=O) groups excluding carboxylic acids is 1. The number of carboxylic acids is 1. The van der Waals surface area contributed by atoms with Crippen molar-refractivity contribution in [3.63, 3.8) is 0 Å². The minimum absolute atomic E-state index is 0.121. The van der Waals surface area contributed by atoms with Crippen molar-refractivity contribution in [2.75, 3.05) is 24.5 Å². The number of likely N-dealkylation sites (N-methyl/N-ethyl adjacent to an activating group) is 1. The van der Waals surface area contributed by atoms with Gasteiger partial charge in [0, 0.05) is 18.7 Å². The lowest BCUT2D eigenvalue weighted by Crippen LogP contribution is -2.42. The average molecular weight is 290 g/mol. The van der Waals surface area contributed by atoms with Crippen molar-refractivity contribution >= 4 is 17.6 Å². The minimum atomic E-state index is -0.783. The highest BCUT2D eigenvalue weighted by molar-refractivity contribution is 5.99. The van der Waals surface area contributed by atoms with Crippen molar-refractivity contribution in [3.05, 3.63) is 30.3 Å². The molecule has 1 unspecified atom stereocenters. The second-order valence-corrected chi connectivity index (χ2v) is 5.26. The van der Waals surface area contributed by atoms with Gasteiger partial charge in [-0.2, -0.15) is 0 Å². The van der Waals surface area contributed by atoms with Crippen LogP contribution in [-0.4, -0.2) is 47.6 Å². The van der Waals surface area contributed by atoms with Gasteiger partial charge in [0.2, 0.25) is 5.91 Å². The van der Waals surface area contributed by atoms with Crippen molar-refractivity contribution in [3.8, 4) is 0 Å². The molecule has 5 heteroatoms. The molecule has 0 radical (unpaired) electrons. The maximum Gasteiger partial charge on any atom is 0.303 e. The molecular weight excluding hydrogens is 268 g/mol. The fourth-order valence-corrected chi connectivity index (χ4v) is 2.84. The van der Waals surface area contributed by atoms with E-state index >= 15 is 0 Å². The molecule has 1 fully saturated rings. The second-order valence-electron chi connectivity index (χ2n) is 5.26. The number of para-hydroxylation sites is 1. The van der Waals surface area contributed by atoms with Gasteiger partial charge in [0.15, 0.2) is 0 Å². The normalized spacial score (nSPS) is 18.5. The summed E-state index contributed by atoms with van der Waals surface area (Å²) in [4.78, 5) is 27.1. The number of carbonyl (C=O) groups is 2. The summed E-state index contributed by atoms with van der Waals surface area (Å²) in [6.07, 6.45) is 1.53. The van der Waals surface area contributed by atoms with Gasteiger partial charge in [0.05, 0.1) is 6.04 Å². The van der Waals surface area contributed by atoms with E-state index in [4.69, 9.17) is 5.11 Å². The van der Waals surface area contributed by atoms with E-state index in [1.54, 1.807) is 0 Å². The van der Waals surface area contributed by atoms with E-state index in [1.807, 2.05) is 42.2 Å². The van der Waals surface area contributed by atoms with Gasteiger partial charge in [-0.25, -0.2) is 0 Å². The van der Waals surface area contributed by atoms with Gasteiger partial charge in [-0.05, 0) is 38.1 Å². The molecule has 0 saturated carbocycles. The Kier molecular flexibility index (Phi) is 5.33. The highest BCUT2D eigenvalue weighted by Gasteiger charge is 2.35. The number of anilines is 1. The molecule has 21 heavy (non-hydrogen) atoms. The van der Waals surface area contributed by atoms with Gasteiger partial charge in [-0.15, -0.1) is 0 Å². The Morgan fingerprint density at radius 3 is 2.71 bits per heavy atom. The third-order valence-electron chi connectivity index (χ3n) is 3.93. The van der Waals surface area contributed by atoms with Crippen molar-refractivity contribution in [2.24, 2.45) is 0 Å². The molecule has 5 nitrogen and oxygen atoms in total. The van der Waals surface area contributed by atoms with Crippen LogP contribution in [0.4, 0.5) is 5.69 Å². The van der Waals surface area contributed by atoms with Crippen LogP contribution in [0.2, 0.25) is 0 Å². The van der Waals surface area contributed by atoms with Crippen LogP contribution in [0, 0.1) is 0 Å². The number of hydrogen-bond donors (Lipinski definition) is 1. The zero-order chi connectivity index (χ0) is 15.2. The number of hydrogen-bond acceptors (Lipinski definition) is 3. The van der Waals surface area contributed by atoms with Gasteiger partial charge >= 0.3 is 5.97 Å². The number of rotatable bonds is 7. The predicted molar refractivity (Wildman–Crippen MR) is 81.3 cm³/mol. The van der Waals surface area contributed by atoms with Gasteiger partial charge in [0.25, 0.3) is 0 Å². The molecular formula is C16H22N2O3. The molecule has 0 aromatic heterocycles. The van der Waals surface area contributed by atoms with Crippen LogP contribution in [0.15, 0.2) is 30.3 Å². The highest BCUT2D eigenvalue weighted by atomic mass is 16.4. The Morgan fingerprint density at radius 1 is 1.38 bits per heavy atom. The lowest BCUT2D eigenvalue weighted by atomic mass is 10.2. The summed E-state index contributed by atoms with van der Waals surface area (Å²) >= 11 is 0. The molecule has 1 atom stereocenters. The Hall–Kier alpha value is -1.88. The first-order valence-corrected chi connectivity index (χ1v) is 7.45. The summed E-state index contributed by atoms with van der Waals surface area (Å²) in [5, 5.41) is 8.71. The maximum absolute atomic E-state index is 12.6. The SMILES string of the molecule is CCN(CCCC(=O)O)C1CCN(c2ccccc2)C1=O. The van der Waals surface area contributed by atoms with Crippen LogP contribution < -0.4 is 4.90 Å². The second kappa shape index (κ2) is 7.22. The first kappa shape index (κ1) is 15.5. The summed E-state index contributed by atoms with van der Waals surface area (Å²) < 4.78 is 0. The van der Waals surface area contributed by atoms with Gasteiger partial charge < -0.3 is 10.0 Å². The smallest absolute Gasteiger partial charge is 0.303 e. The van der Waals surface area contributed by atoms with Crippen LogP contribution in [-0.2, 0) is 9.59 Å². The molecule has 1 aliphatic heterocycles. The molecule has 0 spiro atoms. The first-order valence-electron chi connectivity index (χ1n) is 7.45. The number of carboxylic acid groups (broad SMARTS) is 1. The van der Waals surface area contributed by atoms with E-state index in [-0.39, 0.29) is 18.4 Å². The zero-order valence-corrected chi connectivity index (χ0v) is 12.4. The Labute approximate surface area is 125 Å². The monoisotopic (exact) mass is 290 g/mol. The molecule has 2 rings (SSSR count). The maximum atomic E-state index is 12.6. The quantitative estimate of drug-likeness (QED) is 0.834. The molecule has 1 aromatic rings. The summed E-state index contributed by atoms with van der Waals surface area (Å²) in [7, 11) is 0. The summed E-state index contributed by atoms with van der Waals surface area (Å²) in [6, 6.07) is 9.57. The number of benzene rings is 1. The Morgan fingerprint density at radius 2 is 2.10 bits per heavy atom. The molecule has 1 amide bonds. The fourth-order valence-electron chi connectivity index (χ4n) is 2.84. The van der Waals surface area contributed by atoms with E-state index in [0.29, 0.717) is 13.0 Å². The van der Waals surface area contributed by atoms with Crippen molar-refractivity contribution in [1.29, 1.82) is 0 Å². The van der Waals surface area contributed by atoms with Crippen molar-refractivity contribution in [2.45, 2.75) is 32.2 Å².